The Morgan fingerprint density at radius 2 is 1.86 bits per heavy atom. The maximum atomic E-state index is 8.70. The molecular formula is C14H17ClN2OS3. The van der Waals surface area contributed by atoms with Crippen molar-refractivity contribution >= 4 is 53.6 Å². The number of nitrogen functional groups attached to an aromatic ring is 1. The molecule has 0 amide bonds. The molecule has 114 valence electrons. The maximum Gasteiger partial charge on any atom is 0.0548 e. The highest BCUT2D eigenvalue weighted by molar-refractivity contribution is 7.99. The Hall–Kier alpha value is -0.500. The molecule has 0 bridgehead atoms. The zero-order valence-corrected chi connectivity index (χ0v) is 14.9. The van der Waals surface area contributed by atoms with Crippen LogP contribution >= 0.6 is 47.9 Å². The average molecular weight is 361 g/mol. The number of rotatable bonds is 4. The van der Waals surface area contributed by atoms with E-state index in [0.29, 0.717) is 10.7 Å². The normalized spacial score (nSPS) is 9.95. The van der Waals surface area contributed by atoms with Crippen molar-refractivity contribution < 1.29 is 5.21 Å². The second-order valence-electron chi connectivity index (χ2n) is 3.93. The molecule has 0 spiro atoms. The Bertz CT molecular complexity index is 596. The number of aryl methyl sites for hydroxylation is 1. The van der Waals surface area contributed by atoms with Crippen LogP contribution in [0.3, 0.4) is 0 Å². The lowest BCUT2D eigenvalue weighted by molar-refractivity contribution is 0.258. The molecule has 0 radical (unpaired) electrons. The molecule has 3 nitrogen and oxygen atoms in total. The smallest absolute Gasteiger partial charge is 0.0548 e. The Kier molecular flexibility index (Phi) is 8.39. The van der Waals surface area contributed by atoms with Gasteiger partial charge in [0.15, 0.2) is 0 Å². The minimum absolute atomic E-state index is 0.684. The van der Waals surface area contributed by atoms with Gasteiger partial charge in [-0.2, -0.15) is 12.6 Å². The van der Waals surface area contributed by atoms with Gasteiger partial charge in [-0.05, 0) is 61.0 Å². The molecule has 2 aromatic carbocycles. The SMILES string of the molecule is CS.Cc1ccc(Sc2cc(SNO)ccc2N)c(Cl)c1. The lowest BCUT2D eigenvalue weighted by atomic mass is 10.2. The van der Waals surface area contributed by atoms with Crippen LogP contribution < -0.4 is 10.6 Å². The molecule has 2 rings (SSSR count). The Morgan fingerprint density at radius 1 is 1.14 bits per heavy atom. The largest absolute Gasteiger partial charge is 0.398 e. The van der Waals surface area contributed by atoms with Crippen molar-refractivity contribution in [2.24, 2.45) is 0 Å². The van der Waals surface area contributed by atoms with Crippen molar-refractivity contribution in [3.63, 3.8) is 0 Å². The molecule has 0 aromatic heterocycles. The van der Waals surface area contributed by atoms with Gasteiger partial charge in [-0.1, -0.05) is 29.4 Å². The third kappa shape index (κ3) is 5.65. The minimum atomic E-state index is 0.684. The van der Waals surface area contributed by atoms with Crippen LogP contribution in [0.4, 0.5) is 5.69 Å². The van der Waals surface area contributed by atoms with Crippen molar-refractivity contribution in [1.82, 2.24) is 4.89 Å². The molecule has 0 unspecified atom stereocenters. The van der Waals surface area contributed by atoms with Gasteiger partial charge < -0.3 is 10.9 Å². The first-order valence-electron chi connectivity index (χ1n) is 5.94. The fourth-order valence-corrected chi connectivity index (χ4v) is 3.27. The van der Waals surface area contributed by atoms with Gasteiger partial charge in [-0.25, -0.2) is 0 Å². The van der Waals surface area contributed by atoms with Crippen LogP contribution in [0.25, 0.3) is 0 Å². The van der Waals surface area contributed by atoms with Crippen molar-refractivity contribution in [2.75, 3.05) is 12.0 Å². The molecule has 0 heterocycles. The fourth-order valence-electron chi connectivity index (χ4n) is 1.53. The van der Waals surface area contributed by atoms with E-state index in [9.17, 15) is 0 Å². The molecule has 2 aromatic rings. The van der Waals surface area contributed by atoms with Gasteiger partial charge in [0.2, 0.25) is 0 Å². The van der Waals surface area contributed by atoms with Crippen molar-refractivity contribution in [3.8, 4) is 0 Å². The monoisotopic (exact) mass is 360 g/mol. The number of nitrogens with one attached hydrogen (secondary N) is 1. The number of halogens is 1. The van der Waals surface area contributed by atoms with Crippen LogP contribution in [-0.4, -0.2) is 11.5 Å². The number of benzene rings is 2. The van der Waals surface area contributed by atoms with Crippen LogP contribution in [0.5, 0.6) is 0 Å². The third-order valence-corrected chi connectivity index (χ3v) is 4.61. The van der Waals surface area contributed by atoms with Crippen LogP contribution in [0.2, 0.25) is 5.02 Å². The fraction of sp³-hybridized carbons (Fsp3) is 0.143. The van der Waals surface area contributed by atoms with Gasteiger partial charge in [0.25, 0.3) is 0 Å². The van der Waals surface area contributed by atoms with E-state index in [4.69, 9.17) is 22.5 Å². The summed E-state index contributed by atoms with van der Waals surface area (Å²) in [4.78, 5) is 4.80. The second kappa shape index (κ2) is 9.50. The third-order valence-electron chi connectivity index (χ3n) is 2.46. The number of nitrogens with two attached hydrogens (primary N) is 1. The highest BCUT2D eigenvalue weighted by Crippen LogP contribution is 2.38. The van der Waals surface area contributed by atoms with E-state index in [1.807, 2.05) is 43.3 Å². The highest BCUT2D eigenvalue weighted by atomic mass is 35.5. The molecule has 0 saturated heterocycles. The molecule has 0 aliphatic rings. The summed E-state index contributed by atoms with van der Waals surface area (Å²) in [6, 6.07) is 11.5. The Balaban J connectivity index is 0.00000106. The zero-order valence-electron chi connectivity index (χ0n) is 11.6. The summed E-state index contributed by atoms with van der Waals surface area (Å²) < 4.78 is 0. The molecule has 7 heteroatoms. The van der Waals surface area contributed by atoms with E-state index in [-0.39, 0.29) is 0 Å². The van der Waals surface area contributed by atoms with Crippen molar-refractivity contribution in [1.29, 1.82) is 0 Å². The molecule has 0 aliphatic carbocycles. The van der Waals surface area contributed by atoms with Crippen molar-refractivity contribution in [2.45, 2.75) is 21.6 Å². The van der Waals surface area contributed by atoms with Crippen LogP contribution in [0.15, 0.2) is 51.1 Å². The number of thiol groups is 1. The van der Waals surface area contributed by atoms with E-state index in [1.54, 1.807) is 6.26 Å². The van der Waals surface area contributed by atoms with E-state index >= 15 is 0 Å². The summed E-state index contributed by atoms with van der Waals surface area (Å²) in [5, 5.41) is 9.41. The summed E-state index contributed by atoms with van der Waals surface area (Å²) in [5.74, 6) is 0. The van der Waals surface area contributed by atoms with E-state index in [1.165, 1.54) is 11.8 Å². The van der Waals surface area contributed by atoms with Crippen LogP contribution in [0.1, 0.15) is 5.56 Å². The standard InChI is InChI=1S/C13H13ClN2OS2.CH4S/c1-8-2-5-12(10(14)6-8)18-13-7-9(19-16-17)3-4-11(13)15;1-2/h2-7,16-17H,15H2,1H3;2H,1H3. The zero-order chi connectivity index (χ0) is 15.8. The molecule has 0 fully saturated rings. The predicted molar refractivity (Wildman–Crippen MR) is 96.9 cm³/mol. The van der Waals surface area contributed by atoms with Crippen molar-refractivity contribution in [3.05, 3.63) is 47.0 Å². The predicted octanol–water partition coefficient (Wildman–Crippen LogP) is 4.91. The summed E-state index contributed by atoms with van der Waals surface area (Å²) in [5.41, 5.74) is 7.76. The molecule has 0 atom stereocenters. The summed E-state index contributed by atoms with van der Waals surface area (Å²) in [6.07, 6.45) is 1.69. The van der Waals surface area contributed by atoms with Crippen LogP contribution in [0, 0.1) is 6.92 Å². The van der Waals surface area contributed by atoms with Gasteiger partial charge in [0.05, 0.1) is 5.02 Å². The van der Waals surface area contributed by atoms with Gasteiger partial charge in [-0.3, -0.25) is 0 Å². The summed E-state index contributed by atoms with van der Waals surface area (Å²) in [6.45, 7) is 2.00. The van der Waals surface area contributed by atoms with E-state index in [2.05, 4.69) is 17.5 Å². The Morgan fingerprint density at radius 3 is 2.48 bits per heavy atom. The first kappa shape index (κ1) is 18.5. The first-order chi connectivity index (χ1) is 10.1. The molecule has 4 N–H and O–H groups in total. The summed E-state index contributed by atoms with van der Waals surface area (Å²) >= 11 is 12.4. The van der Waals surface area contributed by atoms with Gasteiger partial charge >= 0.3 is 0 Å². The number of hydrogen-bond acceptors (Lipinski definition) is 6. The second-order valence-corrected chi connectivity index (χ2v) is 6.28. The molecule has 21 heavy (non-hydrogen) atoms. The maximum absolute atomic E-state index is 8.70. The number of hydrogen-bond donors (Lipinski definition) is 4. The van der Waals surface area contributed by atoms with Gasteiger partial charge in [0.1, 0.15) is 0 Å². The van der Waals surface area contributed by atoms with E-state index in [0.717, 1.165) is 32.2 Å². The first-order valence-corrected chi connectivity index (χ1v) is 8.85. The summed E-state index contributed by atoms with van der Waals surface area (Å²) in [7, 11) is 0. The van der Waals surface area contributed by atoms with E-state index < -0.39 is 0 Å². The topological polar surface area (TPSA) is 58.3 Å². The quantitative estimate of drug-likeness (QED) is 0.270. The lowest BCUT2D eigenvalue weighted by Gasteiger charge is -2.09. The van der Waals surface area contributed by atoms with Crippen LogP contribution in [-0.2, 0) is 0 Å². The molecule has 0 saturated carbocycles. The van der Waals surface area contributed by atoms with Gasteiger partial charge in [0, 0.05) is 20.4 Å². The molecule has 0 aliphatic heterocycles. The Labute approximate surface area is 144 Å². The lowest BCUT2D eigenvalue weighted by Crippen LogP contribution is -1.94. The average Bonchev–Trinajstić information content (AvgIpc) is 2.48. The minimum Gasteiger partial charge on any atom is -0.398 e. The van der Waals surface area contributed by atoms with Gasteiger partial charge in [-0.15, -0.1) is 4.89 Å². The number of anilines is 1. The molecular weight excluding hydrogens is 344 g/mol. The highest BCUT2D eigenvalue weighted by Gasteiger charge is 2.07.